The van der Waals surface area contributed by atoms with Crippen LogP contribution in [0.2, 0.25) is 0 Å². The van der Waals surface area contributed by atoms with Crippen LogP contribution in [0.25, 0.3) is 0 Å². The molecule has 2 aromatic rings. The molecule has 1 atom stereocenters. The summed E-state index contributed by atoms with van der Waals surface area (Å²) < 4.78 is 0. The summed E-state index contributed by atoms with van der Waals surface area (Å²) in [5.74, 6) is 0. The number of hydrogen-bond acceptors (Lipinski definition) is 3. The predicted octanol–water partition coefficient (Wildman–Crippen LogP) is 2.54. The molecule has 1 saturated heterocycles. The average Bonchev–Trinajstić information content (AvgIpc) is 2.49. The Morgan fingerprint density at radius 3 is 2.80 bits per heavy atom. The molecule has 0 bridgehead atoms. The Morgan fingerprint density at radius 1 is 1.15 bits per heavy atom. The highest BCUT2D eigenvalue weighted by Crippen LogP contribution is 2.23. The third-order valence-corrected chi connectivity index (χ3v) is 3.85. The summed E-state index contributed by atoms with van der Waals surface area (Å²) in [6.07, 6.45) is 0. The number of hydrogen-bond donors (Lipinski definition) is 1. The van der Waals surface area contributed by atoms with E-state index < -0.39 is 0 Å². The van der Waals surface area contributed by atoms with Gasteiger partial charge in [0.25, 0.3) is 0 Å². The van der Waals surface area contributed by atoms with Crippen molar-refractivity contribution in [1.82, 2.24) is 15.2 Å². The summed E-state index contributed by atoms with van der Waals surface area (Å²) in [7, 11) is 0. The lowest BCUT2D eigenvalue weighted by molar-refractivity contribution is 0.152. The van der Waals surface area contributed by atoms with Crippen LogP contribution in [-0.2, 0) is 6.54 Å². The highest BCUT2D eigenvalue weighted by molar-refractivity contribution is 5.20. The molecule has 1 aliphatic heterocycles. The van der Waals surface area contributed by atoms with Crippen molar-refractivity contribution in [3.8, 4) is 0 Å². The molecule has 1 aromatic carbocycles. The topological polar surface area (TPSA) is 28.2 Å². The van der Waals surface area contributed by atoms with Crippen LogP contribution in [0.5, 0.6) is 0 Å². The van der Waals surface area contributed by atoms with Crippen molar-refractivity contribution in [3.05, 3.63) is 65.5 Å². The summed E-state index contributed by atoms with van der Waals surface area (Å²) in [5.41, 5.74) is 3.63. The van der Waals surface area contributed by atoms with E-state index in [0.717, 1.165) is 37.6 Å². The Hall–Kier alpha value is -1.71. The van der Waals surface area contributed by atoms with Crippen molar-refractivity contribution in [2.75, 3.05) is 19.6 Å². The first-order chi connectivity index (χ1) is 9.83. The zero-order valence-electron chi connectivity index (χ0n) is 11.9. The maximum absolute atomic E-state index is 4.63. The van der Waals surface area contributed by atoms with Crippen LogP contribution in [-0.4, -0.2) is 29.5 Å². The standard InChI is InChI=1S/C17H21N3/c1-14-6-5-9-16(19-14)13-20-11-10-18-12-17(20)15-7-3-2-4-8-15/h2-9,17-18H,10-13H2,1H3/t17-/m1/s1. The SMILES string of the molecule is Cc1cccc(CN2CCNC[C@@H]2c2ccccc2)n1. The quantitative estimate of drug-likeness (QED) is 0.926. The van der Waals surface area contributed by atoms with Gasteiger partial charge in [-0.15, -0.1) is 0 Å². The first-order valence-electron chi connectivity index (χ1n) is 7.25. The van der Waals surface area contributed by atoms with Crippen molar-refractivity contribution < 1.29 is 0 Å². The summed E-state index contributed by atoms with van der Waals surface area (Å²) in [4.78, 5) is 7.15. The summed E-state index contributed by atoms with van der Waals surface area (Å²) in [6, 6.07) is 17.5. The highest BCUT2D eigenvalue weighted by Gasteiger charge is 2.23. The first-order valence-corrected chi connectivity index (χ1v) is 7.25. The van der Waals surface area contributed by atoms with Crippen LogP contribution in [0.1, 0.15) is 23.0 Å². The van der Waals surface area contributed by atoms with Gasteiger partial charge in [-0.25, -0.2) is 0 Å². The number of rotatable bonds is 3. The number of aromatic nitrogens is 1. The second-order valence-electron chi connectivity index (χ2n) is 5.37. The fraction of sp³-hybridized carbons (Fsp3) is 0.353. The third kappa shape index (κ3) is 3.06. The maximum atomic E-state index is 4.63. The molecule has 104 valence electrons. The summed E-state index contributed by atoms with van der Waals surface area (Å²) in [6.45, 7) is 6.10. The number of nitrogens with one attached hydrogen (secondary N) is 1. The van der Waals surface area contributed by atoms with Gasteiger partial charge in [-0.1, -0.05) is 36.4 Å². The van der Waals surface area contributed by atoms with Crippen molar-refractivity contribution >= 4 is 0 Å². The molecule has 0 saturated carbocycles. The van der Waals surface area contributed by atoms with Gasteiger partial charge in [0.05, 0.1) is 5.69 Å². The minimum Gasteiger partial charge on any atom is -0.314 e. The molecule has 3 rings (SSSR count). The molecule has 0 spiro atoms. The smallest absolute Gasteiger partial charge is 0.0547 e. The molecule has 2 heterocycles. The van der Waals surface area contributed by atoms with E-state index in [1.807, 2.05) is 0 Å². The van der Waals surface area contributed by atoms with Crippen molar-refractivity contribution in [1.29, 1.82) is 0 Å². The second-order valence-corrected chi connectivity index (χ2v) is 5.37. The minimum absolute atomic E-state index is 0.437. The second kappa shape index (κ2) is 6.16. The van der Waals surface area contributed by atoms with Crippen LogP contribution < -0.4 is 5.32 Å². The zero-order valence-corrected chi connectivity index (χ0v) is 11.9. The lowest BCUT2D eigenvalue weighted by atomic mass is 10.0. The van der Waals surface area contributed by atoms with Crippen molar-refractivity contribution in [2.45, 2.75) is 19.5 Å². The lowest BCUT2D eigenvalue weighted by Crippen LogP contribution is -2.45. The van der Waals surface area contributed by atoms with E-state index in [1.165, 1.54) is 5.56 Å². The zero-order chi connectivity index (χ0) is 13.8. The van der Waals surface area contributed by atoms with E-state index >= 15 is 0 Å². The molecule has 0 unspecified atom stereocenters. The van der Waals surface area contributed by atoms with Crippen molar-refractivity contribution in [3.63, 3.8) is 0 Å². The third-order valence-electron chi connectivity index (χ3n) is 3.85. The van der Waals surface area contributed by atoms with Gasteiger partial charge in [0, 0.05) is 37.9 Å². The average molecular weight is 267 g/mol. The van der Waals surface area contributed by atoms with E-state index in [4.69, 9.17) is 0 Å². The van der Waals surface area contributed by atoms with Gasteiger partial charge in [-0.3, -0.25) is 9.88 Å². The number of benzene rings is 1. The normalized spacial score (nSPS) is 19.9. The Labute approximate surface area is 120 Å². The molecule has 0 radical (unpaired) electrons. The van der Waals surface area contributed by atoms with Crippen molar-refractivity contribution in [2.24, 2.45) is 0 Å². The van der Waals surface area contributed by atoms with Gasteiger partial charge in [-0.05, 0) is 24.6 Å². The lowest BCUT2D eigenvalue weighted by Gasteiger charge is -2.36. The van der Waals surface area contributed by atoms with Crippen LogP contribution >= 0.6 is 0 Å². The summed E-state index contributed by atoms with van der Waals surface area (Å²) in [5, 5.41) is 3.50. The Kier molecular flexibility index (Phi) is 4.09. The van der Waals surface area contributed by atoms with Crippen LogP contribution in [0.4, 0.5) is 0 Å². The van der Waals surface area contributed by atoms with E-state index in [-0.39, 0.29) is 0 Å². The van der Waals surface area contributed by atoms with Crippen LogP contribution in [0.15, 0.2) is 48.5 Å². The van der Waals surface area contributed by atoms with Gasteiger partial charge in [0.2, 0.25) is 0 Å². The van der Waals surface area contributed by atoms with Gasteiger partial charge < -0.3 is 5.32 Å². The molecule has 3 nitrogen and oxygen atoms in total. The molecular formula is C17H21N3. The number of nitrogens with zero attached hydrogens (tertiary/aromatic N) is 2. The molecule has 1 aromatic heterocycles. The van der Waals surface area contributed by atoms with Gasteiger partial charge in [0.1, 0.15) is 0 Å². The molecular weight excluding hydrogens is 246 g/mol. The van der Waals surface area contributed by atoms with E-state index in [0.29, 0.717) is 6.04 Å². The Morgan fingerprint density at radius 2 is 2.00 bits per heavy atom. The maximum Gasteiger partial charge on any atom is 0.0547 e. The van der Waals surface area contributed by atoms with Crippen LogP contribution in [0, 0.1) is 6.92 Å². The van der Waals surface area contributed by atoms with Crippen LogP contribution in [0.3, 0.4) is 0 Å². The predicted molar refractivity (Wildman–Crippen MR) is 81.4 cm³/mol. The number of piperazine rings is 1. The van der Waals surface area contributed by atoms with E-state index in [2.05, 4.69) is 70.7 Å². The fourth-order valence-electron chi connectivity index (χ4n) is 2.84. The molecule has 1 N–H and O–H groups in total. The summed E-state index contributed by atoms with van der Waals surface area (Å²) >= 11 is 0. The Balaban J connectivity index is 1.79. The molecule has 0 aliphatic carbocycles. The molecule has 20 heavy (non-hydrogen) atoms. The first kappa shape index (κ1) is 13.3. The fourth-order valence-corrected chi connectivity index (χ4v) is 2.84. The van der Waals surface area contributed by atoms with Gasteiger partial charge in [-0.2, -0.15) is 0 Å². The highest BCUT2D eigenvalue weighted by atomic mass is 15.2. The largest absolute Gasteiger partial charge is 0.314 e. The molecule has 1 aliphatic rings. The monoisotopic (exact) mass is 267 g/mol. The van der Waals surface area contributed by atoms with E-state index in [9.17, 15) is 0 Å². The van der Waals surface area contributed by atoms with Gasteiger partial charge >= 0.3 is 0 Å². The van der Waals surface area contributed by atoms with Gasteiger partial charge in [0.15, 0.2) is 0 Å². The molecule has 1 fully saturated rings. The minimum atomic E-state index is 0.437. The molecule has 3 heteroatoms. The number of pyridine rings is 1. The Bertz CT molecular complexity index is 553. The number of aryl methyl sites for hydroxylation is 1. The van der Waals surface area contributed by atoms with E-state index in [1.54, 1.807) is 0 Å². The molecule has 0 amide bonds.